The third-order valence-electron chi connectivity index (χ3n) is 5.45. The summed E-state index contributed by atoms with van der Waals surface area (Å²) in [6, 6.07) is 16.9. The molecule has 1 N–H and O–H groups in total. The summed E-state index contributed by atoms with van der Waals surface area (Å²) in [5.41, 5.74) is 0.741. The molecule has 1 aliphatic heterocycles. The minimum absolute atomic E-state index is 0.0430. The number of ether oxygens (including phenoxy) is 2. The quantitative estimate of drug-likeness (QED) is 0.643. The third-order valence-corrected chi connectivity index (χ3v) is 5.45. The minimum Gasteiger partial charge on any atom is -0.493 e. The van der Waals surface area contributed by atoms with Gasteiger partial charge in [-0.05, 0) is 49.4 Å². The van der Waals surface area contributed by atoms with Crippen LogP contribution in [0.4, 0.5) is 0 Å². The summed E-state index contributed by atoms with van der Waals surface area (Å²) >= 11 is 0. The number of nitrogens with one attached hydrogen (secondary N) is 1. The molecule has 2 aromatic carbocycles. The lowest BCUT2D eigenvalue weighted by Gasteiger charge is -2.32. The molecular formula is C24H30N2O4. The van der Waals surface area contributed by atoms with E-state index in [1.165, 1.54) is 0 Å². The van der Waals surface area contributed by atoms with Crippen LogP contribution in [0.15, 0.2) is 54.6 Å². The molecule has 2 amide bonds. The monoisotopic (exact) mass is 410 g/mol. The largest absolute Gasteiger partial charge is 0.493 e. The van der Waals surface area contributed by atoms with Crippen molar-refractivity contribution in [1.82, 2.24) is 10.2 Å². The van der Waals surface area contributed by atoms with E-state index in [-0.39, 0.29) is 11.8 Å². The standard InChI is InChI=1S/C24H30N2O4/c1-29-21-9-5-6-10-22(21)30-18-15-25-23(27)12-11-19-13-16-26(17-14-19)24(28)20-7-3-2-4-8-20/h2-10,19H,11-18H2,1H3,(H,25,27). The highest BCUT2D eigenvalue weighted by atomic mass is 16.5. The molecule has 1 aliphatic rings. The average molecular weight is 411 g/mol. The van der Waals surface area contributed by atoms with Crippen molar-refractivity contribution in [3.05, 3.63) is 60.2 Å². The van der Waals surface area contributed by atoms with Gasteiger partial charge in [-0.1, -0.05) is 30.3 Å². The first-order valence-electron chi connectivity index (χ1n) is 10.5. The first kappa shape index (κ1) is 21.7. The second kappa shape index (κ2) is 11.2. The normalized spacial score (nSPS) is 14.2. The number of hydrogen-bond donors (Lipinski definition) is 1. The Hall–Kier alpha value is -3.02. The predicted octanol–water partition coefficient (Wildman–Crippen LogP) is 3.52. The Bertz CT molecular complexity index is 817. The maximum Gasteiger partial charge on any atom is 0.253 e. The molecule has 2 aromatic rings. The van der Waals surface area contributed by atoms with Crippen LogP contribution in [0.25, 0.3) is 0 Å². The molecule has 0 bridgehead atoms. The molecule has 0 aliphatic carbocycles. The second-order valence-electron chi connectivity index (χ2n) is 7.49. The maximum absolute atomic E-state index is 12.5. The minimum atomic E-state index is 0.0430. The number of likely N-dealkylation sites (tertiary alicyclic amines) is 1. The van der Waals surface area contributed by atoms with E-state index in [0.717, 1.165) is 37.9 Å². The van der Waals surface area contributed by atoms with Crippen molar-refractivity contribution in [3.63, 3.8) is 0 Å². The number of benzene rings is 2. The van der Waals surface area contributed by atoms with Gasteiger partial charge in [0, 0.05) is 25.1 Å². The summed E-state index contributed by atoms with van der Waals surface area (Å²) in [6.45, 7) is 2.37. The molecule has 0 spiro atoms. The topological polar surface area (TPSA) is 67.9 Å². The lowest BCUT2D eigenvalue weighted by molar-refractivity contribution is -0.121. The number of methoxy groups -OCH3 is 1. The summed E-state index contributed by atoms with van der Waals surface area (Å²) in [7, 11) is 1.60. The zero-order valence-corrected chi connectivity index (χ0v) is 17.5. The Morgan fingerprint density at radius 2 is 1.67 bits per heavy atom. The number of amides is 2. The van der Waals surface area contributed by atoms with Crippen LogP contribution in [0, 0.1) is 5.92 Å². The molecule has 30 heavy (non-hydrogen) atoms. The van der Waals surface area contributed by atoms with Crippen molar-refractivity contribution in [3.8, 4) is 11.5 Å². The summed E-state index contributed by atoms with van der Waals surface area (Å²) < 4.78 is 10.9. The van der Waals surface area contributed by atoms with Crippen LogP contribution in [-0.2, 0) is 4.79 Å². The fourth-order valence-corrected chi connectivity index (χ4v) is 3.70. The van der Waals surface area contributed by atoms with Crippen molar-refractivity contribution in [2.75, 3.05) is 33.4 Å². The van der Waals surface area contributed by atoms with Crippen LogP contribution in [0.3, 0.4) is 0 Å². The zero-order chi connectivity index (χ0) is 21.2. The van der Waals surface area contributed by atoms with Crippen LogP contribution >= 0.6 is 0 Å². The van der Waals surface area contributed by atoms with Gasteiger partial charge in [-0.3, -0.25) is 9.59 Å². The molecule has 6 heteroatoms. The number of carbonyl (C=O) groups excluding carboxylic acids is 2. The Kier molecular flexibility index (Phi) is 8.12. The van der Waals surface area contributed by atoms with Crippen molar-refractivity contribution in [1.29, 1.82) is 0 Å². The van der Waals surface area contributed by atoms with Gasteiger partial charge in [-0.15, -0.1) is 0 Å². The van der Waals surface area contributed by atoms with Crippen molar-refractivity contribution in [2.45, 2.75) is 25.7 Å². The van der Waals surface area contributed by atoms with E-state index in [9.17, 15) is 9.59 Å². The predicted molar refractivity (Wildman–Crippen MR) is 116 cm³/mol. The third kappa shape index (κ3) is 6.24. The van der Waals surface area contributed by atoms with Gasteiger partial charge in [0.05, 0.1) is 13.7 Å². The van der Waals surface area contributed by atoms with Gasteiger partial charge >= 0.3 is 0 Å². The number of hydrogen-bond acceptors (Lipinski definition) is 4. The van der Waals surface area contributed by atoms with Crippen molar-refractivity contribution < 1.29 is 19.1 Å². The zero-order valence-electron chi connectivity index (χ0n) is 17.5. The Morgan fingerprint density at radius 3 is 2.37 bits per heavy atom. The summed E-state index contributed by atoms with van der Waals surface area (Å²) in [5.74, 6) is 1.98. The SMILES string of the molecule is COc1ccccc1OCCNC(=O)CCC1CCN(C(=O)c2ccccc2)CC1. The average Bonchev–Trinajstić information content (AvgIpc) is 2.81. The molecule has 6 nitrogen and oxygen atoms in total. The summed E-state index contributed by atoms with van der Waals surface area (Å²) in [4.78, 5) is 26.5. The smallest absolute Gasteiger partial charge is 0.253 e. The van der Waals surface area contributed by atoms with E-state index in [1.54, 1.807) is 7.11 Å². The number of rotatable bonds is 9. The first-order chi connectivity index (χ1) is 14.7. The van der Waals surface area contributed by atoms with Crippen LogP contribution in [0.5, 0.6) is 11.5 Å². The first-order valence-corrected chi connectivity index (χ1v) is 10.5. The molecule has 160 valence electrons. The van der Waals surface area contributed by atoms with Gasteiger partial charge < -0.3 is 19.7 Å². The van der Waals surface area contributed by atoms with E-state index < -0.39 is 0 Å². The molecule has 0 unspecified atom stereocenters. The number of piperidine rings is 1. The number of nitrogens with zero attached hydrogens (tertiary/aromatic N) is 1. The lowest BCUT2D eigenvalue weighted by atomic mass is 9.91. The second-order valence-corrected chi connectivity index (χ2v) is 7.49. The van der Waals surface area contributed by atoms with Gasteiger partial charge in [-0.25, -0.2) is 0 Å². The highest BCUT2D eigenvalue weighted by Gasteiger charge is 2.23. The highest BCUT2D eigenvalue weighted by Crippen LogP contribution is 2.25. The molecule has 1 fully saturated rings. The molecule has 1 saturated heterocycles. The Balaban J connectivity index is 1.30. The Labute approximate surface area is 178 Å². The molecule has 0 aromatic heterocycles. The van der Waals surface area contributed by atoms with Crippen LogP contribution in [0.2, 0.25) is 0 Å². The van der Waals surface area contributed by atoms with E-state index in [1.807, 2.05) is 59.5 Å². The van der Waals surface area contributed by atoms with Gasteiger partial charge in [0.15, 0.2) is 11.5 Å². The molecule has 1 heterocycles. The van der Waals surface area contributed by atoms with Gasteiger partial charge in [0.25, 0.3) is 5.91 Å². The van der Waals surface area contributed by atoms with Crippen molar-refractivity contribution in [2.24, 2.45) is 5.92 Å². The molecular weight excluding hydrogens is 380 g/mol. The Morgan fingerprint density at radius 1 is 1.00 bits per heavy atom. The van der Waals surface area contributed by atoms with Crippen LogP contribution in [-0.4, -0.2) is 50.1 Å². The fourth-order valence-electron chi connectivity index (χ4n) is 3.70. The molecule has 0 atom stereocenters. The summed E-state index contributed by atoms with van der Waals surface area (Å²) in [5, 5.41) is 2.91. The number of carbonyl (C=O) groups is 2. The fraction of sp³-hybridized carbons (Fsp3) is 0.417. The molecule has 0 radical (unpaired) electrons. The van der Waals surface area contributed by atoms with Crippen LogP contribution in [0.1, 0.15) is 36.0 Å². The van der Waals surface area contributed by atoms with E-state index in [2.05, 4.69) is 5.32 Å². The number of para-hydroxylation sites is 2. The van der Waals surface area contributed by atoms with E-state index in [0.29, 0.717) is 37.0 Å². The van der Waals surface area contributed by atoms with Crippen LogP contribution < -0.4 is 14.8 Å². The van der Waals surface area contributed by atoms with Gasteiger partial charge in [0.1, 0.15) is 6.61 Å². The molecule has 0 saturated carbocycles. The van der Waals surface area contributed by atoms with Gasteiger partial charge in [-0.2, -0.15) is 0 Å². The highest BCUT2D eigenvalue weighted by molar-refractivity contribution is 5.94. The van der Waals surface area contributed by atoms with Crippen molar-refractivity contribution >= 4 is 11.8 Å². The summed E-state index contributed by atoms with van der Waals surface area (Å²) in [6.07, 6.45) is 3.25. The van der Waals surface area contributed by atoms with E-state index in [4.69, 9.17) is 9.47 Å². The van der Waals surface area contributed by atoms with E-state index >= 15 is 0 Å². The maximum atomic E-state index is 12.5. The lowest BCUT2D eigenvalue weighted by Crippen LogP contribution is -2.38. The van der Waals surface area contributed by atoms with Gasteiger partial charge in [0.2, 0.25) is 5.91 Å². The molecule has 3 rings (SSSR count).